The minimum Gasteiger partial charge on any atom is -0.462 e. The van der Waals surface area contributed by atoms with Crippen molar-refractivity contribution in [2.24, 2.45) is 5.73 Å². The molecular formula is C14H16ClNO2. The Morgan fingerprint density at radius 2 is 1.94 bits per heavy atom. The number of nitrogens with two attached hydrogens (primary N) is 1. The molecular weight excluding hydrogens is 250 g/mol. The lowest BCUT2D eigenvalue weighted by atomic mass is 10.2. The molecule has 0 saturated heterocycles. The number of aryl methyl sites for hydroxylation is 1. The average molecular weight is 266 g/mol. The van der Waals surface area contributed by atoms with E-state index < -0.39 is 0 Å². The molecule has 1 aromatic heterocycles. The predicted octanol–water partition coefficient (Wildman–Crippen LogP) is 3.42. The van der Waals surface area contributed by atoms with Gasteiger partial charge in [0, 0.05) is 5.02 Å². The highest BCUT2D eigenvalue weighted by molar-refractivity contribution is 6.30. The number of rotatable bonds is 5. The van der Waals surface area contributed by atoms with E-state index in [1.54, 1.807) is 0 Å². The molecule has 0 aliphatic heterocycles. The van der Waals surface area contributed by atoms with Crippen LogP contribution in [0.4, 0.5) is 0 Å². The Morgan fingerprint density at radius 1 is 1.22 bits per heavy atom. The van der Waals surface area contributed by atoms with Crippen LogP contribution in [-0.2, 0) is 24.5 Å². The van der Waals surface area contributed by atoms with E-state index in [2.05, 4.69) is 0 Å². The standard InChI is InChI=1S/C14H16ClNO2/c1-10-6-13(18-14(10)7-16)9-17-8-11-2-4-12(15)5-3-11/h2-6H,7-9,16H2,1H3. The predicted molar refractivity (Wildman–Crippen MR) is 71.3 cm³/mol. The monoisotopic (exact) mass is 265 g/mol. The van der Waals surface area contributed by atoms with Gasteiger partial charge in [0.1, 0.15) is 18.1 Å². The molecule has 3 nitrogen and oxygen atoms in total. The first-order valence-corrected chi connectivity index (χ1v) is 6.17. The lowest BCUT2D eigenvalue weighted by molar-refractivity contribution is 0.0921. The quantitative estimate of drug-likeness (QED) is 0.901. The van der Waals surface area contributed by atoms with Crippen molar-refractivity contribution in [1.82, 2.24) is 0 Å². The second-order valence-corrected chi connectivity index (χ2v) is 4.58. The molecule has 0 bridgehead atoms. The SMILES string of the molecule is Cc1cc(COCc2ccc(Cl)cc2)oc1CN. The van der Waals surface area contributed by atoms with Gasteiger partial charge in [-0.05, 0) is 36.2 Å². The van der Waals surface area contributed by atoms with Crippen LogP contribution in [0.2, 0.25) is 5.02 Å². The van der Waals surface area contributed by atoms with E-state index in [0.717, 1.165) is 27.7 Å². The van der Waals surface area contributed by atoms with Gasteiger partial charge in [0.25, 0.3) is 0 Å². The Morgan fingerprint density at radius 3 is 2.56 bits per heavy atom. The Balaban J connectivity index is 1.86. The molecule has 0 radical (unpaired) electrons. The summed E-state index contributed by atoms with van der Waals surface area (Å²) < 4.78 is 11.1. The molecule has 0 fully saturated rings. The molecule has 2 rings (SSSR count). The number of ether oxygens (including phenoxy) is 1. The van der Waals surface area contributed by atoms with Crippen LogP contribution in [0.15, 0.2) is 34.7 Å². The van der Waals surface area contributed by atoms with E-state index >= 15 is 0 Å². The third-order valence-electron chi connectivity index (χ3n) is 2.68. The first kappa shape index (κ1) is 13.1. The van der Waals surface area contributed by atoms with E-state index in [1.165, 1.54) is 0 Å². The molecule has 2 aromatic rings. The van der Waals surface area contributed by atoms with E-state index in [9.17, 15) is 0 Å². The van der Waals surface area contributed by atoms with Crippen molar-refractivity contribution in [1.29, 1.82) is 0 Å². The van der Waals surface area contributed by atoms with Crippen LogP contribution in [-0.4, -0.2) is 0 Å². The zero-order valence-electron chi connectivity index (χ0n) is 10.3. The maximum atomic E-state index is 5.81. The third-order valence-corrected chi connectivity index (χ3v) is 2.94. The van der Waals surface area contributed by atoms with Gasteiger partial charge >= 0.3 is 0 Å². The van der Waals surface area contributed by atoms with Crippen LogP contribution in [0.1, 0.15) is 22.6 Å². The van der Waals surface area contributed by atoms with Crippen molar-refractivity contribution in [3.05, 3.63) is 58.0 Å². The number of halogens is 1. The Kier molecular flexibility index (Phi) is 4.42. The van der Waals surface area contributed by atoms with E-state index in [0.29, 0.717) is 19.8 Å². The largest absolute Gasteiger partial charge is 0.462 e. The highest BCUT2D eigenvalue weighted by Crippen LogP contribution is 2.16. The van der Waals surface area contributed by atoms with Gasteiger partial charge in [0.05, 0.1) is 13.2 Å². The summed E-state index contributed by atoms with van der Waals surface area (Å²) in [6.07, 6.45) is 0. The summed E-state index contributed by atoms with van der Waals surface area (Å²) in [5, 5.41) is 0.730. The van der Waals surface area contributed by atoms with Crippen molar-refractivity contribution >= 4 is 11.6 Å². The lowest BCUT2D eigenvalue weighted by Crippen LogP contribution is -1.95. The first-order valence-electron chi connectivity index (χ1n) is 5.79. The van der Waals surface area contributed by atoms with Crippen LogP contribution >= 0.6 is 11.6 Å². The Labute approximate surface area is 111 Å². The van der Waals surface area contributed by atoms with E-state index in [1.807, 2.05) is 37.3 Å². The molecule has 18 heavy (non-hydrogen) atoms. The summed E-state index contributed by atoms with van der Waals surface area (Å²) >= 11 is 5.81. The smallest absolute Gasteiger partial charge is 0.130 e. The molecule has 0 aliphatic rings. The minimum atomic E-state index is 0.420. The number of furan rings is 1. The fourth-order valence-corrected chi connectivity index (χ4v) is 1.84. The van der Waals surface area contributed by atoms with Crippen molar-refractivity contribution in [3.63, 3.8) is 0 Å². The molecule has 0 amide bonds. The third kappa shape index (κ3) is 3.35. The summed E-state index contributed by atoms with van der Waals surface area (Å²) in [5.74, 6) is 1.63. The van der Waals surface area contributed by atoms with Crippen LogP contribution in [0, 0.1) is 6.92 Å². The van der Waals surface area contributed by atoms with Crippen LogP contribution in [0.5, 0.6) is 0 Å². The normalized spacial score (nSPS) is 10.8. The summed E-state index contributed by atoms with van der Waals surface area (Å²) in [6, 6.07) is 9.56. The van der Waals surface area contributed by atoms with Gasteiger partial charge in [0.15, 0.2) is 0 Å². The number of hydrogen-bond acceptors (Lipinski definition) is 3. The molecule has 1 aromatic carbocycles. The maximum Gasteiger partial charge on any atom is 0.130 e. The van der Waals surface area contributed by atoms with E-state index in [-0.39, 0.29) is 0 Å². The number of benzene rings is 1. The number of hydrogen-bond donors (Lipinski definition) is 1. The van der Waals surface area contributed by atoms with Gasteiger partial charge in [-0.3, -0.25) is 0 Å². The zero-order valence-corrected chi connectivity index (χ0v) is 11.0. The van der Waals surface area contributed by atoms with Gasteiger partial charge < -0.3 is 14.9 Å². The summed E-state index contributed by atoms with van der Waals surface area (Å²) in [6.45, 7) is 3.38. The first-order chi connectivity index (χ1) is 8.69. The topological polar surface area (TPSA) is 48.4 Å². The van der Waals surface area contributed by atoms with Crippen LogP contribution in [0.25, 0.3) is 0 Å². The van der Waals surface area contributed by atoms with Crippen molar-refractivity contribution in [2.45, 2.75) is 26.7 Å². The molecule has 0 atom stereocenters. The van der Waals surface area contributed by atoms with Gasteiger partial charge in [-0.2, -0.15) is 0 Å². The highest BCUT2D eigenvalue weighted by atomic mass is 35.5. The van der Waals surface area contributed by atoms with E-state index in [4.69, 9.17) is 26.5 Å². The minimum absolute atomic E-state index is 0.420. The summed E-state index contributed by atoms with van der Waals surface area (Å²) in [4.78, 5) is 0. The van der Waals surface area contributed by atoms with Crippen LogP contribution < -0.4 is 5.73 Å². The van der Waals surface area contributed by atoms with Crippen LogP contribution in [0.3, 0.4) is 0 Å². The summed E-state index contributed by atoms with van der Waals surface area (Å²) in [7, 11) is 0. The fraction of sp³-hybridized carbons (Fsp3) is 0.286. The highest BCUT2D eigenvalue weighted by Gasteiger charge is 2.05. The zero-order chi connectivity index (χ0) is 13.0. The molecule has 0 spiro atoms. The van der Waals surface area contributed by atoms with Crippen molar-refractivity contribution in [2.75, 3.05) is 0 Å². The Bertz CT molecular complexity index is 505. The molecule has 0 saturated carbocycles. The lowest BCUT2D eigenvalue weighted by Gasteiger charge is -2.02. The van der Waals surface area contributed by atoms with Gasteiger partial charge in [-0.15, -0.1) is 0 Å². The second kappa shape index (κ2) is 6.05. The summed E-state index contributed by atoms with van der Waals surface area (Å²) in [5.41, 5.74) is 7.71. The Hall–Kier alpha value is -1.29. The molecule has 4 heteroatoms. The molecule has 0 aliphatic carbocycles. The molecule has 96 valence electrons. The van der Waals surface area contributed by atoms with Gasteiger partial charge in [-0.25, -0.2) is 0 Å². The molecule has 0 unspecified atom stereocenters. The molecule has 2 N–H and O–H groups in total. The van der Waals surface area contributed by atoms with Gasteiger partial charge in [0.2, 0.25) is 0 Å². The fourth-order valence-electron chi connectivity index (χ4n) is 1.71. The average Bonchev–Trinajstić information content (AvgIpc) is 2.72. The maximum absolute atomic E-state index is 5.81. The van der Waals surface area contributed by atoms with Gasteiger partial charge in [-0.1, -0.05) is 23.7 Å². The molecule has 1 heterocycles. The second-order valence-electron chi connectivity index (χ2n) is 4.14. The van der Waals surface area contributed by atoms with Crippen molar-refractivity contribution in [3.8, 4) is 0 Å². The van der Waals surface area contributed by atoms with Crippen molar-refractivity contribution < 1.29 is 9.15 Å².